The monoisotopic (exact) mass is 198 g/mol. The average molecular weight is 198 g/mol. The maximum atomic E-state index is 5.83. The SMILES string of the molecule is CC1CCN(CC(C)(C)C)C(CN)C1. The van der Waals surface area contributed by atoms with Gasteiger partial charge in [0.15, 0.2) is 0 Å². The second-order valence-electron chi connectivity index (χ2n) is 6.05. The number of rotatable bonds is 2. The van der Waals surface area contributed by atoms with Gasteiger partial charge in [-0.25, -0.2) is 0 Å². The Labute approximate surface area is 88.8 Å². The third-order valence-corrected chi connectivity index (χ3v) is 3.05. The molecule has 0 bridgehead atoms. The molecule has 84 valence electrons. The molecule has 2 nitrogen and oxygen atoms in total. The van der Waals surface area contributed by atoms with Gasteiger partial charge in [-0.05, 0) is 30.7 Å². The molecular weight excluding hydrogens is 172 g/mol. The van der Waals surface area contributed by atoms with Crippen molar-refractivity contribution >= 4 is 0 Å². The zero-order valence-corrected chi connectivity index (χ0v) is 10.2. The quantitative estimate of drug-likeness (QED) is 0.736. The third-order valence-electron chi connectivity index (χ3n) is 3.05. The molecule has 1 aliphatic heterocycles. The first kappa shape index (κ1) is 12.0. The van der Waals surface area contributed by atoms with Crippen LogP contribution in [0.1, 0.15) is 40.5 Å². The van der Waals surface area contributed by atoms with Crippen LogP contribution in [0.2, 0.25) is 0 Å². The first-order valence-electron chi connectivity index (χ1n) is 5.86. The van der Waals surface area contributed by atoms with Crippen molar-refractivity contribution in [3.8, 4) is 0 Å². The van der Waals surface area contributed by atoms with Crippen LogP contribution in [0.3, 0.4) is 0 Å². The van der Waals surface area contributed by atoms with E-state index >= 15 is 0 Å². The first-order valence-corrected chi connectivity index (χ1v) is 5.86. The van der Waals surface area contributed by atoms with E-state index in [4.69, 9.17) is 5.73 Å². The Morgan fingerprint density at radius 2 is 2.00 bits per heavy atom. The molecule has 2 atom stereocenters. The molecule has 14 heavy (non-hydrogen) atoms. The van der Waals surface area contributed by atoms with E-state index in [0.29, 0.717) is 11.5 Å². The van der Waals surface area contributed by atoms with Gasteiger partial charge < -0.3 is 5.73 Å². The molecular formula is C12H26N2. The van der Waals surface area contributed by atoms with Crippen LogP contribution in [-0.2, 0) is 0 Å². The van der Waals surface area contributed by atoms with Gasteiger partial charge in [-0.3, -0.25) is 4.90 Å². The van der Waals surface area contributed by atoms with E-state index in [1.165, 1.54) is 25.9 Å². The van der Waals surface area contributed by atoms with Crippen LogP contribution in [-0.4, -0.2) is 30.6 Å². The summed E-state index contributed by atoms with van der Waals surface area (Å²) >= 11 is 0. The number of likely N-dealkylation sites (tertiary alicyclic amines) is 1. The van der Waals surface area contributed by atoms with Crippen LogP contribution >= 0.6 is 0 Å². The molecule has 0 aromatic heterocycles. The highest BCUT2D eigenvalue weighted by Crippen LogP contribution is 2.25. The van der Waals surface area contributed by atoms with Crippen molar-refractivity contribution in [1.82, 2.24) is 4.90 Å². The molecule has 1 aliphatic rings. The molecule has 0 radical (unpaired) electrons. The van der Waals surface area contributed by atoms with Gasteiger partial charge >= 0.3 is 0 Å². The Morgan fingerprint density at radius 1 is 1.36 bits per heavy atom. The normalized spacial score (nSPS) is 30.6. The minimum atomic E-state index is 0.397. The number of hydrogen-bond acceptors (Lipinski definition) is 2. The van der Waals surface area contributed by atoms with Gasteiger partial charge in [0, 0.05) is 19.1 Å². The molecule has 2 unspecified atom stereocenters. The van der Waals surface area contributed by atoms with Crippen LogP contribution in [0.5, 0.6) is 0 Å². The highest BCUT2D eigenvalue weighted by Gasteiger charge is 2.27. The predicted molar refractivity (Wildman–Crippen MR) is 62.3 cm³/mol. The van der Waals surface area contributed by atoms with Crippen LogP contribution in [0.4, 0.5) is 0 Å². The average Bonchev–Trinajstić information content (AvgIpc) is 2.06. The minimum Gasteiger partial charge on any atom is -0.329 e. The Morgan fingerprint density at radius 3 is 2.50 bits per heavy atom. The van der Waals surface area contributed by atoms with Gasteiger partial charge in [0.05, 0.1) is 0 Å². The topological polar surface area (TPSA) is 29.3 Å². The lowest BCUT2D eigenvalue weighted by Gasteiger charge is -2.41. The second kappa shape index (κ2) is 4.63. The van der Waals surface area contributed by atoms with Gasteiger partial charge in [0.2, 0.25) is 0 Å². The number of piperidine rings is 1. The van der Waals surface area contributed by atoms with Crippen molar-refractivity contribution in [3.05, 3.63) is 0 Å². The van der Waals surface area contributed by atoms with E-state index in [9.17, 15) is 0 Å². The molecule has 0 spiro atoms. The number of hydrogen-bond donors (Lipinski definition) is 1. The van der Waals surface area contributed by atoms with E-state index in [1.807, 2.05) is 0 Å². The zero-order valence-electron chi connectivity index (χ0n) is 10.2. The molecule has 1 fully saturated rings. The summed E-state index contributed by atoms with van der Waals surface area (Å²) in [6.07, 6.45) is 2.62. The van der Waals surface area contributed by atoms with Crippen LogP contribution in [0.25, 0.3) is 0 Å². The molecule has 2 N–H and O–H groups in total. The Kier molecular flexibility index (Phi) is 3.96. The van der Waals surface area contributed by atoms with Crippen molar-refractivity contribution in [2.45, 2.75) is 46.6 Å². The minimum absolute atomic E-state index is 0.397. The van der Waals surface area contributed by atoms with Gasteiger partial charge in [-0.2, -0.15) is 0 Å². The van der Waals surface area contributed by atoms with E-state index < -0.39 is 0 Å². The number of nitrogens with two attached hydrogens (primary N) is 1. The van der Waals surface area contributed by atoms with Gasteiger partial charge in [0.25, 0.3) is 0 Å². The molecule has 1 heterocycles. The van der Waals surface area contributed by atoms with Crippen molar-refractivity contribution in [1.29, 1.82) is 0 Å². The lowest BCUT2D eigenvalue weighted by atomic mass is 9.88. The third kappa shape index (κ3) is 3.58. The lowest BCUT2D eigenvalue weighted by Crippen LogP contribution is -2.49. The first-order chi connectivity index (χ1) is 6.42. The molecule has 1 rings (SSSR count). The molecule has 0 aliphatic carbocycles. The van der Waals surface area contributed by atoms with Crippen LogP contribution in [0, 0.1) is 11.3 Å². The smallest absolute Gasteiger partial charge is 0.0221 e. The Hall–Kier alpha value is -0.0800. The zero-order chi connectivity index (χ0) is 10.8. The van der Waals surface area contributed by atoms with Gasteiger partial charge in [0.1, 0.15) is 0 Å². The summed E-state index contributed by atoms with van der Waals surface area (Å²) in [6.45, 7) is 12.5. The maximum absolute atomic E-state index is 5.83. The summed E-state index contributed by atoms with van der Waals surface area (Å²) in [6, 6.07) is 0.623. The summed E-state index contributed by atoms with van der Waals surface area (Å²) in [7, 11) is 0. The highest BCUT2D eigenvalue weighted by molar-refractivity contribution is 4.83. The maximum Gasteiger partial charge on any atom is 0.0221 e. The molecule has 2 heteroatoms. The second-order valence-corrected chi connectivity index (χ2v) is 6.05. The summed E-state index contributed by atoms with van der Waals surface area (Å²) in [5.41, 5.74) is 6.23. The number of nitrogens with zero attached hydrogens (tertiary/aromatic N) is 1. The van der Waals surface area contributed by atoms with Crippen LogP contribution < -0.4 is 5.73 Å². The Bertz CT molecular complexity index is 172. The lowest BCUT2D eigenvalue weighted by molar-refractivity contribution is 0.0854. The van der Waals surface area contributed by atoms with E-state index in [0.717, 1.165) is 12.5 Å². The fraction of sp³-hybridized carbons (Fsp3) is 1.00. The largest absolute Gasteiger partial charge is 0.329 e. The summed E-state index contributed by atoms with van der Waals surface area (Å²) in [5.74, 6) is 0.861. The summed E-state index contributed by atoms with van der Waals surface area (Å²) in [4.78, 5) is 2.58. The highest BCUT2D eigenvalue weighted by atomic mass is 15.2. The fourth-order valence-corrected chi connectivity index (χ4v) is 2.36. The molecule has 0 aromatic rings. The standard InChI is InChI=1S/C12H26N2/c1-10-5-6-14(9-12(2,3)4)11(7-10)8-13/h10-11H,5-9,13H2,1-4H3. The fourth-order valence-electron chi connectivity index (χ4n) is 2.36. The molecule has 0 aromatic carbocycles. The summed E-state index contributed by atoms with van der Waals surface area (Å²) in [5, 5.41) is 0. The van der Waals surface area contributed by atoms with E-state index in [2.05, 4.69) is 32.6 Å². The molecule has 0 saturated carbocycles. The van der Waals surface area contributed by atoms with Gasteiger partial charge in [-0.15, -0.1) is 0 Å². The van der Waals surface area contributed by atoms with Crippen LogP contribution in [0.15, 0.2) is 0 Å². The predicted octanol–water partition coefficient (Wildman–Crippen LogP) is 2.09. The molecule has 1 saturated heterocycles. The van der Waals surface area contributed by atoms with Crippen molar-refractivity contribution < 1.29 is 0 Å². The summed E-state index contributed by atoms with van der Waals surface area (Å²) < 4.78 is 0. The van der Waals surface area contributed by atoms with E-state index in [-0.39, 0.29) is 0 Å². The Balaban J connectivity index is 2.50. The molecule has 0 amide bonds. The van der Waals surface area contributed by atoms with Crippen molar-refractivity contribution in [2.24, 2.45) is 17.1 Å². The van der Waals surface area contributed by atoms with Crippen molar-refractivity contribution in [3.63, 3.8) is 0 Å². The van der Waals surface area contributed by atoms with Crippen molar-refractivity contribution in [2.75, 3.05) is 19.6 Å². The van der Waals surface area contributed by atoms with Gasteiger partial charge in [-0.1, -0.05) is 27.7 Å². The van der Waals surface area contributed by atoms with E-state index in [1.54, 1.807) is 0 Å².